The highest BCUT2D eigenvalue weighted by molar-refractivity contribution is 7.89. The lowest BCUT2D eigenvalue weighted by atomic mass is 10.1. The first kappa shape index (κ1) is 16.9. The third-order valence-electron chi connectivity index (χ3n) is 5.42. The van der Waals surface area contributed by atoms with Crippen molar-refractivity contribution in [3.8, 4) is 0 Å². The number of aryl methyl sites for hydroxylation is 1. The summed E-state index contributed by atoms with van der Waals surface area (Å²) in [6, 6.07) is 7.93. The zero-order valence-corrected chi connectivity index (χ0v) is 15.1. The summed E-state index contributed by atoms with van der Waals surface area (Å²) in [6.07, 6.45) is 5.75. The lowest BCUT2D eigenvalue weighted by Crippen LogP contribution is -2.35. The molecule has 0 aliphatic carbocycles. The van der Waals surface area contributed by atoms with Crippen LogP contribution in [0.5, 0.6) is 0 Å². The van der Waals surface area contributed by atoms with Gasteiger partial charge in [0, 0.05) is 19.1 Å². The Bertz CT molecular complexity index is 627. The maximum atomic E-state index is 12.9. The Morgan fingerprint density at radius 2 is 1.87 bits per heavy atom. The predicted octanol–water partition coefficient (Wildman–Crippen LogP) is 2.74. The molecule has 2 aliphatic heterocycles. The van der Waals surface area contributed by atoms with Gasteiger partial charge in [-0.2, -0.15) is 4.31 Å². The molecule has 4 nitrogen and oxygen atoms in total. The lowest BCUT2D eigenvalue weighted by Gasteiger charge is -2.20. The Balaban J connectivity index is 1.68. The number of nitrogens with zero attached hydrogens (tertiary/aromatic N) is 2. The fraction of sp³-hybridized carbons (Fsp3) is 0.667. The molecule has 128 valence electrons. The third kappa shape index (κ3) is 3.47. The molecule has 5 heteroatoms. The van der Waals surface area contributed by atoms with Crippen molar-refractivity contribution in [2.75, 3.05) is 26.7 Å². The summed E-state index contributed by atoms with van der Waals surface area (Å²) in [6.45, 7) is 4.60. The fourth-order valence-corrected chi connectivity index (χ4v) is 5.40. The first-order valence-corrected chi connectivity index (χ1v) is 10.3. The SMILES string of the molecule is CCCCCc1ccc(S(=O)(=O)N2C[C@@H]3CCN(C)[C@@H]3C2)cc1. The zero-order valence-electron chi connectivity index (χ0n) is 14.2. The minimum absolute atomic E-state index is 0.401. The van der Waals surface area contributed by atoms with E-state index in [1.165, 1.54) is 24.8 Å². The van der Waals surface area contributed by atoms with E-state index in [0.29, 0.717) is 29.9 Å². The van der Waals surface area contributed by atoms with Crippen molar-refractivity contribution in [3.63, 3.8) is 0 Å². The van der Waals surface area contributed by atoms with Crippen LogP contribution >= 0.6 is 0 Å². The summed E-state index contributed by atoms with van der Waals surface area (Å²) >= 11 is 0. The Kier molecular flexibility index (Phi) is 5.09. The van der Waals surface area contributed by atoms with E-state index in [0.717, 1.165) is 19.4 Å². The van der Waals surface area contributed by atoms with Gasteiger partial charge < -0.3 is 4.90 Å². The first-order chi connectivity index (χ1) is 11.0. The van der Waals surface area contributed by atoms with E-state index in [-0.39, 0.29) is 0 Å². The van der Waals surface area contributed by atoms with Gasteiger partial charge in [0.1, 0.15) is 0 Å². The summed E-state index contributed by atoms with van der Waals surface area (Å²) in [5.41, 5.74) is 1.23. The minimum Gasteiger partial charge on any atom is -0.302 e. The van der Waals surface area contributed by atoms with Gasteiger partial charge in [-0.3, -0.25) is 0 Å². The van der Waals surface area contributed by atoms with Crippen molar-refractivity contribution in [3.05, 3.63) is 29.8 Å². The van der Waals surface area contributed by atoms with Crippen LogP contribution in [0.25, 0.3) is 0 Å². The van der Waals surface area contributed by atoms with Gasteiger partial charge in [0.15, 0.2) is 0 Å². The number of unbranched alkanes of at least 4 members (excludes halogenated alkanes) is 2. The quantitative estimate of drug-likeness (QED) is 0.750. The Morgan fingerprint density at radius 3 is 2.52 bits per heavy atom. The van der Waals surface area contributed by atoms with Crippen molar-refractivity contribution in [2.24, 2.45) is 5.92 Å². The molecule has 23 heavy (non-hydrogen) atoms. The molecule has 0 N–H and O–H groups in total. The van der Waals surface area contributed by atoms with Crippen molar-refractivity contribution >= 4 is 10.0 Å². The van der Waals surface area contributed by atoms with Gasteiger partial charge in [0.05, 0.1) is 4.90 Å². The second-order valence-electron chi connectivity index (χ2n) is 7.02. The molecule has 0 saturated carbocycles. The van der Waals surface area contributed by atoms with Crippen LogP contribution in [0.2, 0.25) is 0 Å². The second-order valence-corrected chi connectivity index (χ2v) is 8.96. The molecule has 1 aromatic carbocycles. The number of fused-ring (bicyclic) bond motifs is 1. The standard InChI is InChI=1S/C18H28N2O2S/c1-3-4-5-6-15-7-9-17(10-8-15)23(21,22)20-13-16-11-12-19(2)18(16)14-20/h7-10,16,18H,3-6,11-14H2,1-2H3/t16-,18+/m0/s1. The minimum atomic E-state index is -3.34. The molecule has 2 aliphatic rings. The summed E-state index contributed by atoms with van der Waals surface area (Å²) in [5, 5.41) is 0. The number of rotatable bonds is 6. The van der Waals surface area contributed by atoms with E-state index in [4.69, 9.17) is 0 Å². The Morgan fingerprint density at radius 1 is 1.13 bits per heavy atom. The van der Waals surface area contributed by atoms with Crippen LogP contribution in [0.1, 0.15) is 38.2 Å². The van der Waals surface area contributed by atoms with Gasteiger partial charge in [-0.05, 0) is 56.5 Å². The number of sulfonamides is 1. The molecular formula is C18H28N2O2S. The Hall–Kier alpha value is -0.910. The summed E-state index contributed by atoms with van der Waals surface area (Å²) < 4.78 is 27.4. The molecule has 0 aromatic heterocycles. The van der Waals surface area contributed by atoms with Crippen LogP contribution < -0.4 is 0 Å². The van der Waals surface area contributed by atoms with Crippen molar-refractivity contribution < 1.29 is 8.42 Å². The van der Waals surface area contributed by atoms with E-state index in [9.17, 15) is 8.42 Å². The van der Waals surface area contributed by atoms with Gasteiger partial charge in [-0.25, -0.2) is 8.42 Å². The van der Waals surface area contributed by atoms with Crippen LogP contribution in [0.15, 0.2) is 29.2 Å². The molecule has 0 amide bonds. The number of likely N-dealkylation sites (N-methyl/N-ethyl adjacent to an activating group) is 1. The first-order valence-electron chi connectivity index (χ1n) is 8.81. The van der Waals surface area contributed by atoms with E-state index >= 15 is 0 Å². The predicted molar refractivity (Wildman–Crippen MR) is 93.0 cm³/mol. The maximum absolute atomic E-state index is 12.9. The van der Waals surface area contributed by atoms with Crippen LogP contribution in [0.3, 0.4) is 0 Å². The molecule has 1 aromatic rings. The van der Waals surface area contributed by atoms with E-state index in [2.05, 4.69) is 18.9 Å². The monoisotopic (exact) mass is 336 g/mol. The molecule has 0 unspecified atom stereocenters. The molecule has 0 spiro atoms. The Labute approximate surface area is 140 Å². The summed E-state index contributed by atoms with van der Waals surface area (Å²) in [5.74, 6) is 0.503. The molecule has 3 rings (SSSR count). The van der Waals surface area contributed by atoms with Crippen molar-refractivity contribution in [1.29, 1.82) is 0 Å². The van der Waals surface area contributed by atoms with Crippen LogP contribution in [0.4, 0.5) is 0 Å². The molecule has 0 bridgehead atoms. The zero-order chi connectivity index (χ0) is 16.4. The third-order valence-corrected chi connectivity index (χ3v) is 7.27. The van der Waals surface area contributed by atoms with Crippen LogP contribution in [-0.2, 0) is 16.4 Å². The number of hydrogen-bond donors (Lipinski definition) is 0. The topological polar surface area (TPSA) is 40.6 Å². The highest BCUT2D eigenvalue weighted by Crippen LogP contribution is 2.33. The fourth-order valence-electron chi connectivity index (χ4n) is 3.89. The van der Waals surface area contributed by atoms with Crippen LogP contribution in [0, 0.1) is 5.92 Å². The highest BCUT2D eigenvalue weighted by atomic mass is 32.2. The average Bonchev–Trinajstić information content (AvgIpc) is 3.11. The molecular weight excluding hydrogens is 308 g/mol. The van der Waals surface area contributed by atoms with Gasteiger partial charge >= 0.3 is 0 Å². The van der Waals surface area contributed by atoms with Gasteiger partial charge in [0.25, 0.3) is 0 Å². The molecule has 2 heterocycles. The van der Waals surface area contributed by atoms with Gasteiger partial charge in [-0.15, -0.1) is 0 Å². The molecule has 2 saturated heterocycles. The van der Waals surface area contributed by atoms with Crippen molar-refractivity contribution in [1.82, 2.24) is 9.21 Å². The number of likely N-dealkylation sites (tertiary alicyclic amines) is 1. The van der Waals surface area contributed by atoms with Gasteiger partial charge in [0.2, 0.25) is 10.0 Å². The van der Waals surface area contributed by atoms with E-state index in [1.807, 2.05) is 12.1 Å². The smallest absolute Gasteiger partial charge is 0.243 e. The number of hydrogen-bond acceptors (Lipinski definition) is 3. The molecule has 2 atom stereocenters. The summed E-state index contributed by atoms with van der Waals surface area (Å²) in [7, 11) is -1.24. The maximum Gasteiger partial charge on any atom is 0.243 e. The largest absolute Gasteiger partial charge is 0.302 e. The second kappa shape index (κ2) is 6.91. The van der Waals surface area contributed by atoms with E-state index in [1.54, 1.807) is 16.4 Å². The molecule has 2 fully saturated rings. The van der Waals surface area contributed by atoms with Crippen molar-refractivity contribution in [2.45, 2.75) is 50.0 Å². The van der Waals surface area contributed by atoms with Gasteiger partial charge in [-0.1, -0.05) is 31.9 Å². The lowest BCUT2D eigenvalue weighted by molar-refractivity contribution is 0.297. The molecule has 0 radical (unpaired) electrons. The summed E-state index contributed by atoms with van der Waals surface area (Å²) in [4.78, 5) is 2.75. The van der Waals surface area contributed by atoms with Crippen LogP contribution in [-0.4, -0.2) is 50.3 Å². The highest BCUT2D eigenvalue weighted by Gasteiger charge is 2.43. The van der Waals surface area contributed by atoms with E-state index < -0.39 is 10.0 Å². The number of benzene rings is 1. The average molecular weight is 337 g/mol. The normalized spacial score (nSPS) is 25.8.